The molecule has 1 N–H and O–H groups in total. The number of piperazine rings is 1. The number of hydrogen-bond acceptors (Lipinski definition) is 5. The highest BCUT2D eigenvalue weighted by Crippen LogP contribution is 2.31. The fourth-order valence-electron chi connectivity index (χ4n) is 2.85. The Labute approximate surface area is 140 Å². The number of aromatic amines is 1. The molecule has 3 heterocycles. The van der Waals surface area contributed by atoms with E-state index in [2.05, 4.69) is 20.0 Å². The lowest BCUT2D eigenvalue weighted by atomic mass is 10.2. The molecule has 0 amide bonds. The molecule has 1 fully saturated rings. The van der Waals surface area contributed by atoms with Crippen LogP contribution in [0, 0.1) is 6.92 Å². The summed E-state index contributed by atoms with van der Waals surface area (Å²) in [5, 5.41) is 4.24. The van der Waals surface area contributed by atoms with E-state index in [-0.39, 0.29) is 16.1 Å². The van der Waals surface area contributed by atoms with Crippen molar-refractivity contribution in [3.63, 3.8) is 0 Å². The van der Waals surface area contributed by atoms with Gasteiger partial charge < -0.3 is 4.98 Å². The molecule has 10 heteroatoms. The van der Waals surface area contributed by atoms with Gasteiger partial charge in [0.15, 0.2) is 0 Å². The van der Waals surface area contributed by atoms with Gasteiger partial charge in [0.25, 0.3) is 0 Å². The third kappa shape index (κ3) is 2.78. The minimum Gasteiger partial charge on any atom is -0.347 e. The van der Waals surface area contributed by atoms with Crippen LogP contribution in [0.5, 0.6) is 0 Å². The zero-order chi connectivity index (χ0) is 16.8. The van der Waals surface area contributed by atoms with E-state index in [1.165, 1.54) is 8.99 Å². The monoisotopic (exact) mass is 358 g/mol. The third-order valence-corrected chi connectivity index (χ3v) is 6.71. The molecule has 0 spiro atoms. The summed E-state index contributed by atoms with van der Waals surface area (Å²) in [5.41, 5.74) is 0.408. The van der Waals surface area contributed by atoms with Crippen molar-refractivity contribution in [2.45, 2.75) is 17.9 Å². The molecule has 0 bridgehead atoms. The van der Waals surface area contributed by atoms with Gasteiger partial charge in [-0.1, -0.05) is 11.6 Å². The Morgan fingerprint density at radius 3 is 2.65 bits per heavy atom. The number of imidazole rings is 1. The average molecular weight is 359 g/mol. The highest BCUT2D eigenvalue weighted by atomic mass is 35.5. The van der Waals surface area contributed by atoms with Gasteiger partial charge in [0, 0.05) is 39.1 Å². The molecule has 0 radical (unpaired) electrons. The largest absolute Gasteiger partial charge is 0.347 e. The van der Waals surface area contributed by atoms with E-state index in [1.54, 1.807) is 26.4 Å². The number of likely N-dealkylation sites (N-methyl/N-ethyl adjacent to an activating group) is 1. The van der Waals surface area contributed by atoms with E-state index in [4.69, 9.17) is 11.6 Å². The molecular formula is C13H19ClN6O2S. The summed E-state index contributed by atoms with van der Waals surface area (Å²) in [4.78, 5) is 9.49. The minimum atomic E-state index is -3.70. The predicted octanol–water partition coefficient (Wildman–Crippen LogP) is 0.782. The Bertz CT molecular complexity index is 801. The number of halogens is 1. The number of H-pyrrole nitrogens is 1. The van der Waals surface area contributed by atoms with Crippen molar-refractivity contribution >= 4 is 21.6 Å². The van der Waals surface area contributed by atoms with Crippen LogP contribution in [0.1, 0.15) is 17.6 Å². The highest BCUT2D eigenvalue weighted by Gasteiger charge is 2.37. The summed E-state index contributed by atoms with van der Waals surface area (Å²) in [6.45, 7) is 2.98. The zero-order valence-electron chi connectivity index (χ0n) is 13.2. The lowest BCUT2D eigenvalue weighted by molar-refractivity contribution is 0.142. The van der Waals surface area contributed by atoms with E-state index in [1.807, 2.05) is 7.05 Å². The Kier molecular flexibility index (Phi) is 4.21. The van der Waals surface area contributed by atoms with Gasteiger partial charge in [-0.3, -0.25) is 9.58 Å². The quantitative estimate of drug-likeness (QED) is 0.876. The molecule has 1 aliphatic heterocycles. The number of hydrogen-bond donors (Lipinski definition) is 1. The molecule has 8 nitrogen and oxygen atoms in total. The van der Waals surface area contributed by atoms with Crippen LogP contribution in [0.25, 0.3) is 0 Å². The van der Waals surface area contributed by atoms with Crippen LogP contribution in [-0.2, 0) is 17.1 Å². The lowest BCUT2D eigenvalue weighted by Gasteiger charge is -2.37. The molecule has 1 atom stereocenters. The molecule has 0 saturated carbocycles. The van der Waals surface area contributed by atoms with E-state index in [0.717, 1.165) is 5.82 Å². The molecule has 0 aromatic carbocycles. The van der Waals surface area contributed by atoms with Gasteiger partial charge >= 0.3 is 0 Å². The van der Waals surface area contributed by atoms with Crippen LogP contribution in [0.3, 0.4) is 0 Å². The average Bonchev–Trinajstić information content (AvgIpc) is 3.08. The number of aryl methyl sites for hydroxylation is 2. The second-order valence-electron chi connectivity index (χ2n) is 5.66. The zero-order valence-corrected chi connectivity index (χ0v) is 14.8. The Morgan fingerprint density at radius 2 is 2.09 bits per heavy atom. The van der Waals surface area contributed by atoms with Crippen molar-refractivity contribution in [2.75, 3.05) is 26.7 Å². The van der Waals surface area contributed by atoms with E-state index in [0.29, 0.717) is 25.3 Å². The first-order valence-electron chi connectivity index (χ1n) is 7.21. The smallest absolute Gasteiger partial charge is 0.248 e. The molecule has 126 valence electrons. The number of nitrogens with one attached hydrogen (secondary N) is 1. The molecule has 0 unspecified atom stereocenters. The van der Waals surface area contributed by atoms with Crippen molar-refractivity contribution in [1.82, 2.24) is 29.0 Å². The fraction of sp³-hybridized carbons (Fsp3) is 0.538. The van der Waals surface area contributed by atoms with E-state index >= 15 is 0 Å². The molecule has 2 aromatic heterocycles. The Hall–Kier alpha value is -1.42. The molecule has 1 aliphatic rings. The first kappa shape index (κ1) is 16.4. The SMILES string of the molecule is Cc1nn(C)c(Cl)c1S(=O)(=O)N1CCN(C)[C@H](c2ncc[nH]2)C1. The number of sulfonamides is 1. The van der Waals surface area contributed by atoms with E-state index < -0.39 is 10.0 Å². The standard InChI is InChI=1S/C13H19ClN6O2S/c1-9-11(12(14)19(3)17-9)23(21,22)20-7-6-18(2)10(8-20)13-15-4-5-16-13/h4-5,10H,6-8H2,1-3H3,(H,15,16)/t10-/m0/s1. The maximum absolute atomic E-state index is 13.0. The summed E-state index contributed by atoms with van der Waals surface area (Å²) in [5.74, 6) is 0.751. The van der Waals surface area contributed by atoms with Gasteiger partial charge in [0.05, 0.1) is 11.7 Å². The van der Waals surface area contributed by atoms with Crippen LogP contribution in [0.2, 0.25) is 5.15 Å². The summed E-state index contributed by atoms with van der Waals surface area (Å²) in [7, 11) is -0.113. The normalized spacial score (nSPS) is 21.0. The number of nitrogens with zero attached hydrogens (tertiary/aromatic N) is 5. The predicted molar refractivity (Wildman–Crippen MR) is 85.7 cm³/mol. The maximum atomic E-state index is 13.0. The van der Waals surface area contributed by atoms with Gasteiger partial charge in [-0.15, -0.1) is 0 Å². The lowest BCUT2D eigenvalue weighted by Crippen LogP contribution is -2.49. The van der Waals surface area contributed by atoms with Crippen LogP contribution < -0.4 is 0 Å². The first-order chi connectivity index (χ1) is 10.8. The maximum Gasteiger partial charge on any atom is 0.248 e. The number of aromatic nitrogens is 4. The van der Waals surface area contributed by atoms with Gasteiger partial charge in [0.1, 0.15) is 15.9 Å². The Balaban J connectivity index is 1.94. The molecule has 23 heavy (non-hydrogen) atoms. The van der Waals surface area contributed by atoms with Crippen molar-refractivity contribution < 1.29 is 8.42 Å². The van der Waals surface area contributed by atoms with Crippen molar-refractivity contribution in [3.8, 4) is 0 Å². The topological polar surface area (TPSA) is 87.1 Å². The minimum absolute atomic E-state index is 0.0874. The van der Waals surface area contributed by atoms with Gasteiger partial charge in [-0.2, -0.15) is 9.40 Å². The second-order valence-corrected chi connectivity index (χ2v) is 7.90. The summed E-state index contributed by atoms with van der Waals surface area (Å²) >= 11 is 6.15. The molecular weight excluding hydrogens is 340 g/mol. The third-order valence-electron chi connectivity index (χ3n) is 4.14. The van der Waals surface area contributed by atoms with Gasteiger partial charge in [-0.25, -0.2) is 13.4 Å². The number of rotatable bonds is 3. The van der Waals surface area contributed by atoms with Crippen LogP contribution in [0.15, 0.2) is 17.3 Å². The Morgan fingerprint density at radius 1 is 1.35 bits per heavy atom. The first-order valence-corrected chi connectivity index (χ1v) is 9.03. The van der Waals surface area contributed by atoms with Crippen LogP contribution in [0.4, 0.5) is 0 Å². The summed E-state index contributed by atoms with van der Waals surface area (Å²) in [6, 6.07) is -0.121. The van der Waals surface area contributed by atoms with Gasteiger partial charge in [0.2, 0.25) is 10.0 Å². The molecule has 0 aliphatic carbocycles. The molecule has 3 rings (SSSR count). The van der Waals surface area contributed by atoms with Crippen molar-refractivity contribution in [1.29, 1.82) is 0 Å². The highest BCUT2D eigenvalue weighted by molar-refractivity contribution is 7.89. The van der Waals surface area contributed by atoms with Crippen molar-refractivity contribution in [2.24, 2.45) is 7.05 Å². The second kappa shape index (κ2) is 5.90. The molecule has 1 saturated heterocycles. The van der Waals surface area contributed by atoms with Crippen LogP contribution >= 0.6 is 11.6 Å². The van der Waals surface area contributed by atoms with E-state index in [9.17, 15) is 8.42 Å². The van der Waals surface area contributed by atoms with Gasteiger partial charge in [-0.05, 0) is 14.0 Å². The fourth-order valence-corrected chi connectivity index (χ4v) is 5.00. The van der Waals surface area contributed by atoms with Crippen LogP contribution in [-0.4, -0.2) is 64.1 Å². The summed E-state index contributed by atoms with van der Waals surface area (Å²) in [6.07, 6.45) is 3.40. The van der Waals surface area contributed by atoms with Crippen molar-refractivity contribution in [3.05, 3.63) is 29.1 Å². The summed E-state index contributed by atoms with van der Waals surface area (Å²) < 4.78 is 28.8. The molecule has 2 aromatic rings.